The summed E-state index contributed by atoms with van der Waals surface area (Å²) in [5.41, 5.74) is 1.00. The van der Waals surface area contributed by atoms with E-state index >= 15 is 0 Å². The summed E-state index contributed by atoms with van der Waals surface area (Å²) in [6.45, 7) is 2.07. The fourth-order valence-electron chi connectivity index (χ4n) is 1.46. The molecule has 1 saturated heterocycles. The highest BCUT2D eigenvalue weighted by atomic mass is 32.2. The van der Waals surface area contributed by atoms with Crippen molar-refractivity contribution in [1.29, 1.82) is 0 Å². The van der Waals surface area contributed by atoms with Crippen molar-refractivity contribution in [3.63, 3.8) is 0 Å². The smallest absolute Gasteiger partial charge is 0.286 e. The van der Waals surface area contributed by atoms with E-state index in [1.165, 1.54) is 11.8 Å². The first kappa shape index (κ1) is 8.63. The highest BCUT2D eigenvalue weighted by molar-refractivity contribution is 8.14. The molecule has 68 valence electrons. The van der Waals surface area contributed by atoms with Gasteiger partial charge in [-0.3, -0.25) is 9.69 Å². The lowest BCUT2D eigenvalue weighted by atomic mass is 10.2. The molecular weight excluding hydrogens is 182 g/mol. The maximum absolute atomic E-state index is 11.5. The van der Waals surface area contributed by atoms with Gasteiger partial charge in [-0.05, 0) is 19.1 Å². The molecule has 1 atom stereocenters. The van der Waals surface area contributed by atoms with Crippen LogP contribution < -0.4 is 4.90 Å². The number of benzene rings is 1. The van der Waals surface area contributed by atoms with E-state index in [0.717, 1.165) is 11.4 Å². The predicted molar refractivity (Wildman–Crippen MR) is 56.2 cm³/mol. The first-order valence-corrected chi connectivity index (χ1v) is 5.28. The molecule has 1 unspecified atom stereocenters. The molecule has 1 fully saturated rings. The molecule has 2 rings (SSSR count). The number of para-hydroxylation sites is 1. The second kappa shape index (κ2) is 3.42. The molecule has 1 aromatic rings. The van der Waals surface area contributed by atoms with Crippen molar-refractivity contribution in [3.05, 3.63) is 30.3 Å². The number of amides is 1. The average Bonchev–Trinajstić information content (AvgIpc) is 2.48. The van der Waals surface area contributed by atoms with Gasteiger partial charge in [0.15, 0.2) is 0 Å². The predicted octanol–water partition coefficient (Wildman–Crippen LogP) is 2.75. The number of hydrogen-bond donors (Lipinski definition) is 0. The van der Waals surface area contributed by atoms with Crippen molar-refractivity contribution < 1.29 is 4.79 Å². The van der Waals surface area contributed by atoms with Crippen LogP contribution in [0.1, 0.15) is 6.92 Å². The first-order valence-electron chi connectivity index (χ1n) is 4.30. The molecule has 0 radical (unpaired) electrons. The fraction of sp³-hybridized carbons (Fsp3) is 0.300. The highest BCUT2D eigenvalue weighted by Gasteiger charge is 2.29. The fourth-order valence-corrected chi connectivity index (χ4v) is 2.42. The lowest BCUT2D eigenvalue weighted by Crippen LogP contribution is -2.30. The van der Waals surface area contributed by atoms with Gasteiger partial charge in [-0.25, -0.2) is 0 Å². The van der Waals surface area contributed by atoms with E-state index in [4.69, 9.17) is 0 Å². The summed E-state index contributed by atoms with van der Waals surface area (Å²) in [5, 5.41) is 0.165. The molecule has 0 aromatic heterocycles. The summed E-state index contributed by atoms with van der Waals surface area (Å²) < 4.78 is 0. The van der Waals surface area contributed by atoms with Crippen LogP contribution in [0.15, 0.2) is 30.3 Å². The molecule has 1 aliphatic heterocycles. The number of rotatable bonds is 1. The van der Waals surface area contributed by atoms with E-state index in [1.54, 1.807) is 0 Å². The van der Waals surface area contributed by atoms with E-state index in [2.05, 4.69) is 6.92 Å². The van der Waals surface area contributed by atoms with Gasteiger partial charge in [-0.15, -0.1) is 0 Å². The van der Waals surface area contributed by atoms with Crippen LogP contribution >= 0.6 is 11.8 Å². The molecule has 13 heavy (non-hydrogen) atoms. The van der Waals surface area contributed by atoms with Gasteiger partial charge in [0.2, 0.25) is 0 Å². The van der Waals surface area contributed by atoms with Gasteiger partial charge in [0.05, 0.1) is 0 Å². The summed E-state index contributed by atoms with van der Waals surface area (Å²) in [4.78, 5) is 13.3. The average molecular weight is 193 g/mol. The largest absolute Gasteiger partial charge is 0.300 e. The van der Waals surface area contributed by atoms with E-state index < -0.39 is 0 Å². The normalized spacial score (nSPS) is 22.4. The minimum atomic E-state index is 0.165. The molecule has 0 aliphatic carbocycles. The molecule has 3 heteroatoms. The van der Waals surface area contributed by atoms with E-state index in [0.29, 0.717) is 6.04 Å². The summed E-state index contributed by atoms with van der Waals surface area (Å²) in [6, 6.07) is 10.1. The minimum absolute atomic E-state index is 0.165. The zero-order chi connectivity index (χ0) is 9.26. The molecule has 1 aromatic carbocycles. The van der Waals surface area contributed by atoms with Gasteiger partial charge in [0, 0.05) is 17.5 Å². The Labute approximate surface area is 81.9 Å². The lowest BCUT2D eigenvalue weighted by molar-refractivity contribution is 0.265. The van der Waals surface area contributed by atoms with Crippen LogP contribution in [0.4, 0.5) is 10.5 Å². The van der Waals surface area contributed by atoms with Gasteiger partial charge in [-0.2, -0.15) is 0 Å². The van der Waals surface area contributed by atoms with Crippen LogP contribution in [0.3, 0.4) is 0 Å². The van der Waals surface area contributed by atoms with Gasteiger partial charge in [0.1, 0.15) is 0 Å². The molecule has 2 nitrogen and oxygen atoms in total. The molecule has 0 N–H and O–H groups in total. The molecule has 1 heterocycles. The second-order valence-electron chi connectivity index (χ2n) is 3.13. The summed E-state index contributed by atoms with van der Waals surface area (Å²) >= 11 is 1.40. The topological polar surface area (TPSA) is 20.3 Å². The van der Waals surface area contributed by atoms with Crippen LogP contribution in [-0.2, 0) is 0 Å². The Morgan fingerprint density at radius 3 is 2.62 bits per heavy atom. The highest BCUT2D eigenvalue weighted by Crippen LogP contribution is 2.29. The van der Waals surface area contributed by atoms with Gasteiger partial charge < -0.3 is 0 Å². The molecule has 0 bridgehead atoms. The standard InChI is InChI=1S/C10H11NOS/c1-8-7-13-10(12)11(8)9-5-3-2-4-6-9/h2-6,8H,7H2,1H3. The SMILES string of the molecule is CC1CSC(=O)N1c1ccccc1. The number of thioether (sulfide) groups is 1. The van der Waals surface area contributed by atoms with E-state index in [1.807, 2.05) is 35.2 Å². The number of carbonyl (C=O) groups is 1. The second-order valence-corrected chi connectivity index (χ2v) is 4.10. The Kier molecular flexibility index (Phi) is 2.27. The molecule has 1 amide bonds. The van der Waals surface area contributed by atoms with Crippen LogP contribution in [0.5, 0.6) is 0 Å². The van der Waals surface area contributed by atoms with E-state index in [-0.39, 0.29) is 5.24 Å². The van der Waals surface area contributed by atoms with Crippen molar-refractivity contribution >= 4 is 22.7 Å². The third-order valence-electron chi connectivity index (χ3n) is 2.12. The third kappa shape index (κ3) is 1.56. The van der Waals surface area contributed by atoms with Crippen molar-refractivity contribution in [3.8, 4) is 0 Å². The maximum atomic E-state index is 11.5. The Morgan fingerprint density at radius 2 is 2.08 bits per heavy atom. The Balaban J connectivity index is 2.30. The summed E-state index contributed by atoms with van der Waals surface area (Å²) in [5.74, 6) is 0.897. The minimum Gasteiger partial charge on any atom is -0.300 e. The Morgan fingerprint density at radius 1 is 1.38 bits per heavy atom. The van der Waals surface area contributed by atoms with Gasteiger partial charge >= 0.3 is 0 Å². The zero-order valence-electron chi connectivity index (χ0n) is 7.43. The number of nitrogens with zero attached hydrogens (tertiary/aromatic N) is 1. The van der Waals surface area contributed by atoms with Crippen molar-refractivity contribution in [2.75, 3.05) is 10.7 Å². The Hall–Kier alpha value is -0.960. The molecular formula is C10H11NOS. The maximum Gasteiger partial charge on any atom is 0.286 e. The van der Waals surface area contributed by atoms with Crippen LogP contribution in [-0.4, -0.2) is 17.0 Å². The summed E-state index contributed by atoms with van der Waals surface area (Å²) in [7, 11) is 0. The van der Waals surface area contributed by atoms with Crippen LogP contribution in [0.2, 0.25) is 0 Å². The van der Waals surface area contributed by atoms with Gasteiger partial charge in [-0.1, -0.05) is 30.0 Å². The lowest BCUT2D eigenvalue weighted by Gasteiger charge is -2.20. The van der Waals surface area contributed by atoms with Crippen LogP contribution in [0.25, 0.3) is 0 Å². The Bertz CT molecular complexity index is 312. The van der Waals surface area contributed by atoms with Gasteiger partial charge in [0.25, 0.3) is 5.24 Å². The third-order valence-corrected chi connectivity index (χ3v) is 3.21. The number of anilines is 1. The quantitative estimate of drug-likeness (QED) is 0.683. The van der Waals surface area contributed by atoms with Crippen molar-refractivity contribution in [2.45, 2.75) is 13.0 Å². The zero-order valence-corrected chi connectivity index (χ0v) is 8.25. The first-order chi connectivity index (χ1) is 6.29. The number of hydrogen-bond acceptors (Lipinski definition) is 2. The molecule has 0 saturated carbocycles. The van der Waals surface area contributed by atoms with Crippen LogP contribution in [0, 0.1) is 0 Å². The summed E-state index contributed by atoms with van der Waals surface area (Å²) in [6.07, 6.45) is 0. The van der Waals surface area contributed by atoms with E-state index in [9.17, 15) is 4.79 Å². The monoisotopic (exact) mass is 193 g/mol. The molecule has 0 spiro atoms. The molecule has 1 aliphatic rings. The van der Waals surface area contributed by atoms with Crippen molar-refractivity contribution in [1.82, 2.24) is 0 Å². The number of carbonyl (C=O) groups excluding carboxylic acids is 1. The van der Waals surface area contributed by atoms with Crippen molar-refractivity contribution in [2.24, 2.45) is 0 Å².